The number of nitrogens with zero attached hydrogens (tertiary/aromatic N) is 4. The van der Waals surface area contributed by atoms with Crippen molar-refractivity contribution in [3.63, 3.8) is 0 Å². The van der Waals surface area contributed by atoms with Gasteiger partial charge in [-0.15, -0.1) is 0 Å². The molecule has 1 aromatic heterocycles. The molecule has 7 nitrogen and oxygen atoms in total. The van der Waals surface area contributed by atoms with Gasteiger partial charge in [-0.1, -0.05) is 31.3 Å². The molecule has 1 atom stereocenters. The average Bonchev–Trinajstić information content (AvgIpc) is 3.11. The molecule has 0 bridgehead atoms. The fraction of sp³-hybridized carbons (Fsp3) is 0.800. The third kappa shape index (κ3) is 5.30. The number of carbonyl (C=O) groups excluding carboxylic acids is 2. The summed E-state index contributed by atoms with van der Waals surface area (Å²) in [5.41, 5.74) is 0. The van der Waals surface area contributed by atoms with Gasteiger partial charge >= 0.3 is 0 Å². The van der Waals surface area contributed by atoms with Crippen LogP contribution >= 0.6 is 0 Å². The minimum absolute atomic E-state index is 0.0615. The Labute approximate surface area is 161 Å². The maximum atomic E-state index is 12.9. The van der Waals surface area contributed by atoms with Gasteiger partial charge in [0.05, 0.1) is 12.5 Å². The van der Waals surface area contributed by atoms with Crippen molar-refractivity contribution >= 4 is 11.8 Å². The average molecular weight is 377 g/mol. The van der Waals surface area contributed by atoms with Crippen LogP contribution in [0, 0.1) is 11.8 Å². The molecular formula is C20H32N4O3. The summed E-state index contributed by atoms with van der Waals surface area (Å²) in [6.45, 7) is 3.75. The molecule has 150 valence electrons. The quantitative estimate of drug-likeness (QED) is 0.731. The first kappa shape index (κ1) is 19.8. The molecule has 3 rings (SSSR count). The molecule has 1 aliphatic heterocycles. The van der Waals surface area contributed by atoms with Gasteiger partial charge in [-0.25, -0.2) is 0 Å². The summed E-state index contributed by atoms with van der Waals surface area (Å²) >= 11 is 0. The summed E-state index contributed by atoms with van der Waals surface area (Å²) in [6.07, 6.45) is 9.10. The van der Waals surface area contributed by atoms with Gasteiger partial charge in [-0.05, 0) is 31.6 Å². The number of hydrogen-bond donors (Lipinski definition) is 0. The lowest BCUT2D eigenvalue weighted by Gasteiger charge is -2.36. The summed E-state index contributed by atoms with van der Waals surface area (Å²) in [6, 6.07) is 0. The van der Waals surface area contributed by atoms with E-state index < -0.39 is 0 Å². The largest absolute Gasteiger partial charge is 0.342 e. The summed E-state index contributed by atoms with van der Waals surface area (Å²) in [4.78, 5) is 33.1. The van der Waals surface area contributed by atoms with Crippen LogP contribution in [0.4, 0.5) is 0 Å². The van der Waals surface area contributed by atoms with E-state index in [1.165, 1.54) is 32.1 Å². The van der Waals surface area contributed by atoms with Crippen molar-refractivity contribution in [2.45, 2.75) is 71.3 Å². The van der Waals surface area contributed by atoms with Crippen LogP contribution in [0.3, 0.4) is 0 Å². The summed E-state index contributed by atoms with van der Waals surface area (Å²) < 4.78 is 5.24. The zero-order valence-electron chi connectivity index (χ0n) is 16.7. The summed E-state index contributed by atoms with van der Waals surface area (Å²) in [7, 11) is 1.77. The molecule has 2 amide bonds. The normalized spacial score (nSPS) is 21.5. The minimum atomic E-state index is -0.130. The van der Waals surface area contributed by atoms with Crippen molar-refractivity contribution in [1.82, 2.24) is 19.9 Å². The minimum Gasteiger partial charge on any atom is -0.342 e. The molecule has 1 saturated carbocycles. The summed E-state index contributed by atoms with van der Waals surface area (Å²) in [5.74, 6) is 1.90. The van der Waals surface area contributed by atoms with E-state index >= 15 is 0 Å². The molecular weight excluding hydrogens is 344 g/mol. The maximum absolute atomic E-state index is 12.9. The zero-order valence-corrected chi connectivity index (χ0v) is 16.7. The Morgan fingerprint density at radius 2 is 2.04 bits per heavy atom. The molecule has 27 heavy (non-hydrogen) atoms. The van der Waals surface area contributed by atoms with E-state index in [9.17, 15) is 9.59 Å². The van der Waals surface area contributed by atoms with Crippen LogP contribution in [0.15, 0.2) is 4.52 Å². The second-order valence-corrected chi connectivity index (χ2v) is 8.09. The van der Waals surface area contributed by atoms with Crippen molar-refractivity contribution in [1.29, 1.82) is 0 Å². The highest BCUT2D eigenvalue weighted by atomic mass is 16.5. The van der Waals surface area contributed by atoms with Gasteiger partial charge in [0.15, 0.2) is 5.82 Å². The highest BCUT2D eigenvalue weighted by Gasteiger charge is 2.33. The van der Waals surface area contributed by atoms with Gasteiger partial charge in [0.25, 0.3) is 0 Å². The molecule has 2 aliphatic rings. The number of piperidine rings is 1. The number of likely N-dealkylation sites (tertiary alicyclic amines) is 1. The molecule has 2 heterocycles. The van der Waals surface area contributed by atoms with Crippen molar-refractivity contribution in [3.8, 4) is 0 Å². The van der Waals surface area contributed by atoms with Crippen molar-refractivity contribution < 1.29 is 14.1 Å². The van der Waals surface area contributed by atoms with Gasteiger partial charge in [0.2, 0.25) is 17.7 Å². The van der Waals surface area contributed by atoms with E-state index in [0.717, 1.165) is 19.4 Å². The van der Waals surface area contributed by atoms with Crippen LogP contribution in [0.2, 0.25) is 0 Å². The van der Waals surface area contributed by atoms with Crippen LogP contribution in [0.1, 0.15) is 70.0 Å². The van der Waals surface area contributed by atoms with Gasteiger partial charge in [0, 0.05) is 33.0 Å². The number of hydrogen-bond acceptors (Lipinski definition) is 5. The van der Waals surface area contributed by atoms with Crippen molar-refractivity contribution in [2.75, 3.05) is 20.1 Å². The predicted molar refractivity (Wildman–Crippen MR) is 101 cm³/mol. The fourth-order valence-electron chi connectivity index (χ4n) is 4.25. The number of rotatable bonds is 7. The van der Waals surface area contributed by atoms with E-state index in [0.29, 0.717) is 43.6 Å². The van der Waals surface area contributed by atoms with Crippen LogP contribution in [0.5, 0.6) is 0 Å². The van der Waals surface area contributed by atoms with E-state index in [1.54, 1.807) is 11.9 Å². The predicted octanol–water partition coefficient (Wildman–Crippen LogP) is 2.80. The van der Waals surface area contributed by atoms with Gasteiger partial charge in [-0.3, -0.25) is 9.59 Å². The molecule has 1 unspecified atom stereocenters. The molecule has 0 aromatic carbocycles. The smallest absolute Gasteiger partial charge is 0.246 e. The molecule has 2 fully saturated rings. The third-order valence-electron chi connectivity index (χ3n) is 5.79. The van der Waals surface area contributed by atoms with E-state index in [1.807, 2.05) is 4.90 Å². The Bertz CT molecular complexity index is 639. The van der Waals surface area contributed by atoms with Crippen molar-refractivity contribution in [2.24, 2.45) is 11.8 Å². The summed E-state index contributed by atoms with van der Waals surface area (Å²) in [5, 5.41) is 3.94. The van der Waals surface area contributed by atoms with E-state index in [-0.39, 0.29) is 17.7 Å². The molecule has 0 N–H and O–H groups in total. The Hall–Kier alpha value is -1.92. The maximum Gasteiger partial charge on any atom is 0.246 e. The van der Waals surface area contributed by atoms with Gasteiger partial charge < -0.3 is 14.3 Å². The number of amides is 2. The van der Waals surface area contributed by atoms with Crippen LogP contribution < -0.4 is 0 Å². The zero-order chi connectivity index (χ0) is 19.2. The standard InChI is InChI=1S/C20H32N4O3/c1-3-7-17-21-18(27-22-17)14-23(2)20(26)16-10-11-19(25)24(13-16)12-15-8-5-4-6-9-15/h15-16H,3-14H2,1-2H3. The van der Waals surface area contributed by atoms with Crippen LogP contribution in [-0.4, -0.2) is 51.9 Å². The van der Waals surface area contributed by atoms with Gasteiger partial charge in [-0.2, -0.15) is 4.98 Å². The first-order valence-electron chi connectivity index (χ1n) is 10.4. The lowest BCUT2D eigenvalue weighted by Crippen LogP contribution is -2.47. The lowest BCUT2D eigenvalue weighted by molar-refractivity contribution is -0.143. The Morgan fingerprint density at radius 3 is 2.78 bits per heavy atom. The highest BCUT2D eigenvalue weighted by Crippen LogP contribution is 2.27. The molecule has 1 saturated heterocycles. The van der Waals surface area contributed by atoms with Gasteiger partial charge in [0.1, 0.15) is 0 Å². The lowest BCUT2D eigenvalue weighted by atomic mass is 9.87. The molecule has 1 aliphatic carbocycles. The third-order valence-corrected chi connectivity index (χ3v) is 5.79. The Balaban J connectivity index is 1.53. The molecule has 7 heteroatoms. The Morgan fingerprint density at radius 1 is 1.26 bits per heavy atom. The highest BCUT2D eigenvalue weighted by molar-refractivity contribution is 5.83. The molecule has 0 spiro atoms. The number of aryl methyl sites for hydroxylation is 1. The first-order chi connectivity index (χ1) is 13.1. The SMILES string of the molecule is CCCc1noc(CN(C)C(=O)C2CCC(=O)N(CC3CCCCC3)C2)n1. The second kappa shape index (κ2) is 9.33. The van der Waals surface area contributed by atoms with Crippen LogP contribution in [-0.2, 0) is 22.6 Å². The van der Waals surface area contributed by atoms with E-state index in [4.69, 9.17) is 4.52 Å². The fourth-order valence-corrected chi connectivity index (χ4v) is 4.25. The monoisotopic (exact) mass is 376 g/mol. The number of aromatic nitrogens is 2. The molecule has 0 radical (unpaired) electrons. The molecule has 1 aromatic rings. The Kier molecular flexibility index (Phi) is 6.85. The topological polar surface area (TPSA) is 79.5 Å². The van der Waals surface area contributed by atoms with E-state index in [2.05, 4.69) is 17.1 Å². The first-order valence-corrected chi connectivity index (χ1v) is 10.4. The van der Waals surface area contributed by atoms with Crippen molar-refractivity contribution in [3.05, 3.63) is 11.7 Å². The number of carbonyl (C=O) groups is 2. The van der Waals surface area contributed by atoms with Crippen LogP contribution in [0.25, 0.3) is 0 Å². The second-order valence-electron chi connectivity index (χ2n) is 8.09.